The molecular formula is C17H16F3NO3. The lowest BCUT2D eigenvalue weighted by molar-refractivity contribution is -0.274. The summed E-state index contributed by atoms with van der Waals surface area (Å²) in [6, 6.07) is 10.1. The van der Waals surface area contributed by atoms with Crippen LogP contribution in [-0.4, -0.2) is 18.9 Å². The first-order valence-corrected chi connectivity index (χ1v) is 7.19. The Balaban J connectivity index is 2.20. The minimum Gasteiger partial charge on any atom is -0.494 e. The smallest absolute Gasteiger partial charge is 0.494 e. The Hall–Kier alpha value is -2.70. The highest BCUT2D eigenvalue weighted by Crippen LogP contribution is 2.30. The van der Waals surface area contributed by atoms with E-state index in [1.165, 1.54) is 18.2 Å². The van der Waals surface area contributed by atoms with Crippen LogP contribution in [0.5, 0.6) is 11.5 Å². The highest BCUT2D eigenvalue weighted by atomic mass is 19.4. The number of carbonyl (C=O) groups is 1. The number of alkyl halides is 3. The number of anilines is 1. The molecule has 0 radical (unpaired) electrons. The zero-order valence-electron chi connectivity index (χ0n) is 13.1. The van der Waals surface area contributed by atoms with Gasteiger partial charge in [-0.3, -0.25) is 4.79 Å². The van der Waals surface area contributed by atoms with Gasteiger partial charge >= 0.3 is 6.36 Å². The van der Waals surface area contributed by atoms with E-state index >= 15 is 0 Å². The van der Waals surface area contributed by atoms with E-state index in [-0.39, 0.29) is 5.69 Å². The highest BCUT2D eigenvalue weighted by molar-refractivity contribution is 6.05. The molecule has 7 heteroatoms. The van der Waals surface area contributed by atoms with Gasteiger partial charge in [0.15, 0.2) is 5.75 Å². The molecule has 2 aromatic rings. The molecule has 2 aromatic carbocycles. The van der Waals surface area contributed by atoms with Crippen LogP contribution >= 0.6 is 0 Å². The summed E-state index contributed by atoms with van der Waals surface area (Å²) in [6.07, 6.45) is -4.84. The van der Waals surface area contributed by atoms with Crippen molar-refractivity contribution in [2.45, 2.75) is 20.2 Å². The van der Waals surface area contributed by atoms with Crippen molar-refractivity contribution in [2.24, 2.45) is 0 Å². The summed E-state index contributed by atoms with van der Waals surface area (Å²) in [5, 5.41) is 2.42. The maximum absolute atomic E-state index is 12.4. The number of halogens is 3. The average molecular weight is 339 g/mol. The van der Waals surface area contributed by atoms with Crippen molar-refractivity contribution in [1.29, 1.82) is 0 Å². The van der Waals surface area contributed by atoms with E-state index < -0.39 is 18.0 Å². The van der Waals surface area contributed by atoms with E-state index in [1.807, 2.05) is 6.92 Å². The number of hydrogen-bond acceptors (Lipinski definition) is 3. The van der Waals surface area contributed by atoms with Crippen molar-refractivity contribution in [3.05, 3.63) is 53.6 Å². The number of aryl methyl sites for hydroxylation is 1. The number of nitrogens with one attached hydrogen (secondary N) is 1. The van der Waals surface area contributed by atoms with Crippen molar-refractivity contribution in [2.75, 3.05) is 11.9 Å². The number of amides is 1. The molecule has 1 N–H and O–H groups in total. The molecule has 0 unspecified atom stereocenters. The second-order valence-electron chi connectivity index (χ2n) is 4.91. The first-order chi connectivity index (χ1) is 11.3. The standard InChI is InChI=1S/C17H16F3NO3/c1-3-23-14-9-8-12(10-11(14)2)16(22)21-13-6-4-5-7-15(13)24-17(18,19)20/h4-10H,3H2,1-2H3,(H,21,22). The fraction of sp³-hybridized carbons (Fsp3) is 0.235. The van der Waals surface area contributed by atoms with E-state index in [2.05, 4.69) is 10.1 Å². The summed E-state index contributed by atoms with van der Waals surface area (Å²) in [5.74, 6) is -0.366. The third-order valence-electron chi connectivity index (χ3n) is 3.10. The number of carbonyl (C=O) groups excluding carboxylic acids is 1. The lowest BCUT2D eigenvalue weighted by Gasteiger charge is -2.14. The fourth-order valence-corrected chi connectivity index (χ4v) is 2.09. The van der Waals surface area contributed by atoms with Crippen molar-refractivity contribution in [3.8, 4) is 11.5 Å². The van der Waals surface area contributed by atoms with E-state index in [9.17, 15) is 18.0 Å². The van der Waals surface area contributed by atoms with Gasteiger partial charge in [-0.15, -0.1) is 13.2 Å². The Morgan fingerprint density at radius 3 is 2.46 bits per heavy atom. The van der Waals surface area contributed by atoms with Crippen molar-refractivity contribution in [1.82, 2.24) is 0 Å². The van der Waals surface area contributed by atoms with Crippen LogP contribution in [-0.2, 0) is 0 Å². The number of benzene rings is 2. The monoisotopic (exact) mass is 339 g/mol. The van der Waals surface area contributed by atoms with Gasteiger partial charge in [0.05, 0.1) is 12.3 Å². The molecule has 0 aliphatic carbocycles. The summed E-state index contributed by atoms with van der Waals surface area (Å²) in [5.41, 5.74) is 0.994. The topological polar surface area (TPSA) is 47.6 Å². The maximum atomic E-state index is 12.4. The number of ether oxygens (including phenoxy) is 2. The zero-order chi connectivity index (χ0) is 17.7. The number of hydrogen-bond donors (Lipinski definition) is 1. The molecule has 0 atom stereocenters. The molecule has 128 valence electrons. The van der Waals surface area contributed by atoms with Crippen molar-refractivity contribution in [3.63, 3.8) is 0 Å². The second-order valence-corrected chi connectivity index (χ2v) is 4.91. The Kier molecular flexibility index (Phi) is 5.33. The maximum Gasteiger partial charge on any atom is 0.573 e. The zero-order valence-corrected chi connectivity index (χ0v) is 13.1. The van der Waals surface area contributed by atoms with E-state index in [4.69, 9.17) is 4.74 Å². The third-order valence-corrected chi connectivity index (χ3v) is 3.10. The molecule has 0 spiro atoms. The Morgan fingerprint density at radius 2 is 1.83 bits per heavy atom. The van der Waals surface area contributed by atoms with Gasteiger partial charge in [-0.05, 0) is 49.7 Å². The molecule has 24 heavy (non-hydrogen) atoms. The van der Waals surface area contributed by atoms with Crippen LogP contribution in [0.3, 0.4) is 0 Å². The van der Waals surface area contributed by atoms with Gasteiger partial charge in [0.2, 0.25) is 0 Å². The third kappa shape index (κ3) is 4.65. The van der Waals surface area contributed by atoms with Crippen LogP contribution < -0.4 is 14.8 Å². The van der Waals surface area contributed by atoms with E-state index in [0.717, 1.165) is 11.6 Å². The van der Waals surface area contributed by atoms with Crippen LogP contribution in [0.25, 0.3) is 0 Å². The average Bonchev–Trinajstić information content (AvgIpc) is 2.50. The van der Waals surface area contributed by atoms with Gasteiger partial charge in [-0.25, -0.2) is 0 Å². The largest absolute Gasteiger partial charge is 0.573 e. The molecule has 0 saturated carbocycles. The fourth-order valence-electron chi connectivity index (χ4n) is 2.09. The minimum absolute atomic E-state index is 0.0636. The van der Waals surface area contributed by atoms with Gasteiger partial charge < -0.3 is 14.8 Å². The van der Waals surface area contributed by atoms with Crippen LogP contribution in [0.4, 0.5) is 18.9 Å². The minimum atomic E-state index is -4.84. The number of rotatable bonds is 5. The second kappa shape index (κ2) is 7.25. The van der Waals surface area contributed by atoms with Gasteiger partial charge in [-0.1, -0.05) is 12.1 Å². The summed E-state index contributed by atoms with van der Waals surface area (Å²) >= 11 is 0. The normalized spacial score (nSPS) is 11.0. The highest BCUT2D eigenvalue weighted by Gasteiger charge is 2.32. The predicted octanol–water partition coefficient (Wildman–Crippen LogP) is 4.54. The molecule has 0 fully saturated rings. The van der Waals surface area contributed by atoms with Gasteiger partial charge in [0, 0.05) is 5.56 Å². The molecule has 0 heterocycles. The summed E-state index contributed by atoms with van der Waals surface area (Å²) in [4.78, 5) is 12.3. The molecule has 1 amide bonds. The quantitative estimate of drug-likeness (QED) is 0.870. The van der Waals surface area contributed by atoms with Crippen LogP contribution in [0.1, 0.15) is 22.8 Å². The predicted molar refractivity (Wildman–Crippen MR) is 83.4 cm³/mol. The first kappa shape index (κ1) is 17.7. The Bertz CT molecular complexity index is 729. The Morgan fingerprint density at radius 1 is 1.12 bits per heavy atom. The Labute approximate surface area is 137 Å². The summed E-state index contributed by atoms with van der Waals surface area (Å²) in [6.45, 7) is 4.12. The molecule has 0 aliphatic rings. The SMILES string of the molecule is CCOc1ccc(C(=O)Nc2ccccc2OC(F)(F)F)cc1C. The van der Waals surface area contributed by atoms with Crippen LogP contribution in [0, 0.1) is 6.92 Å². The molecular weight excluding hydrogens is 323 g/mol. The molecule has 2 rings (SSSR count). The van der Waals surface area contributed by atoms with Crippen molar-refractivity contribution >= 4 is 11.6 Å². The molecule has 0 saturated heterocycles. The van der Waals surface area contributed by atoms with Gasteiger partial charge in [0.1, 0.15) is 5.75 Å². The van der Waals surface area contributed by atoms with E-state index in [0.29, 0.717) is 17.9 Å². The molecule has 0 aliphatic heterocycles. The lowest BCUT2D eigenvalue weighted by atomic mass is 10.1. The number of para-hydroxylation sites is 2. The van der Waals surface area contributed by atoms with Crippen LogP contribution in [0.15, 0.2) is 42.5 Å². The molecule has 0 aromatic heterocycles. The molecule has 0 bridgehead atoms. The lowest BCUT2D eigenvalue weighted by Crippen LogP contribution is -2.19. The first-order valence-electron chi connectivity index (χ1n) is 7.19. The van der Waals surface area contributed by atoms with E-state index in [1.54, 1.807) is 25.1 Å². The van der Waals surface area contributed by atoms with Crippen molar-refractivity contribution < 1.29 is 27.4 Å². The van der Waals surface area contributed by atoms with Gasteiger partial charge in [0.25, 0.3) is 5.91 Å². The summed E-state index contributed by atoms with van der Waals surface area (Å²) in [7, 11) is 0. The van der Waals surface area contributed by atoms with Gasteiger partial charge in [-0.2, -0.15) is 0 Å². The summed E-state index contributed by atoms with van der Waals surface area (Å²) < 4.78 is 46.5. The molecule has 4 nitrogen and oxygen atoms in total. The van der Waals surface area contributed by atoms with Crippen LogP contribution in [0.2, 0.25) is 0 Å².